The van der Waals surface area contributed by atoms with E-state index in [1.54, 1.807) is 0 Å². The minimum absolute atomic E-state index is 0.0681. The highest BCUT2D eigenvalue weighted by atomic mass is 16.5. The van der Waals surface area contributed by atoms with E-state index in [0.717, 1.165) is 0 Å². The Morgan fingerprint density at radius 2 is 2.31 bits per heavy atom. The summed E-state index contributed by atoms with van der Waals surface area (Å²) in [6.07, 6.45) is 0.0641. The van der Waals surface area contributed by atoms with E-state index in [1.165, 1.54) is 12.3 Å². The molecular formula is C8H7NO4. The van der Waals surface area contributed by atoms with Gasteiger partial charge in [-0.05, 0) is 6.07 Å². The minimum atomic E-state index is -1.33. The van der Waals surface area contributed by atoms with E-state index in [0.29, 0.717) is 11.1 Å². The van der Waals surface area contributed by atoms with Crippen molar-refractivity contribution in [2.75, 3.05) is 0 Å². The van der Waals surface area contributed by atoms with Gasteiger partial charge in [-0.15, -0.1) is 0 Å². The van der Waals surface area contributed by atoms with Gasteiger partial charge in [0.05, 0.1) is 5.56 Å². The third-order valence-electron chi connectivity index (χ3n) is 1.98. The maximum atomic E-state index is 11.2. The Morgan fingerprint density at radius 1 is 1.54 bits per heavy atom. The first-order chi connectivity index (χ1) is 6.20. The zero-order valence-corrected chi connectivity index (χ0v) is 6.61. The topological polar surface area (TPSA) is 79.4 Å². The van der Waals surface area contributed by atoms with Gasteiger partial charge in [-0.25, -0.2) is 4.79 Å². The third-order valence-corrected chi connectivity index (χ3v) is 1.98. The van der Waals surface area contributed by atoms with Crippen LogP contribution in [-0.2, 0) is 16.1 Å². The minimum Gasteiger partial charge on any atom is -0.458 e. The van der Waals surface area contributed by atoms with Gasteiger partial charge in [-0.3, -0.25) is 4.79 Å². The molecule has 0 amide bonds. The van der Waals surface area contributed by atoms with E-state index in [9.17, 15) is 14.7 Å². The number of esters is 1. The second-order valence-corrected chi connectivity index (χ2v) is 2.75. The molecule has 5 heteroatoms. The monoisotopic (exact) mass is 181 g/mol. The van der Waals surface area contributed by atoms with Crippen LogP contribution in [0.4, 0.5) is 0 Å². The number of H-pyrrole nitrogens is 1. The van der Waals surface area contributed by atoms with Gasteiger partial charge in [0.25, 0.3) is 5.56 Å². The average molecular weight is 181 g/mol. The molecule has 0 spiro atoms. The summed E-state index contributed by atoms with van der Waals surface area (Å²) in [5.41, 5.74) is 0.318. The van der Waals surface area contributed by atoms with Gasteiger partial charge in [-0.2, -0.15) is 0 Å². The molecule has 0 aliphatic carbocycles. The number of nitrogens with one attached hydrogen (secondary N) is 1. The number of aliphatic hydroxyl groups excluding tert-OH is 1. The zero-order valence-electron chi connectivity index (χ0n) is 6.61. The van der Waals surface area contributed by atoms with Crippen LogP contribution in [0.3, 0.4) is 0 Å². The summed E-state index contributed by atoms with van der Waals surface area (Å²) in [7, 11) is 0. The van der Waals surface area contributed by atoms with Crippen LogP contribution in [0.25, 0.3) is 0 Å². The number of ether oxygens (including phenoxy) is 1. The Balaban J connectivity index is 2.62. The van der Waals surface area contributed by atoms with E-state index in [-0.39, 0.29) is 12.2 Å². The molecule has 5 nitrogen and oxygen atoms in total. The fraction of sp³-hybridized carbons (Fsp3) is 0.250. The molecule has 0 bridgehead atoms. The van der Waals surface area contributed by atoms with Crippen LogP contribution >= 0.6 is 0 Å². The highest BCUT2D eigenvalue weighted by Crippen LogP contribution is 2.21. The molecule has 2 heterocycles. The molecular weight excluding hydrogens is 174 g/mol. The Kier molecular flexibility index (Phi) is 1.66. The second kappa shape index (κ2) is 2.70. The Morgan fingerprint density at radius 3 is 3.08 bits per heavy atom. The number of carbonyl (C=O) groups excluding carboxylic acids is 1. The molecule has 1 aromatic rings. The summed E-state index contributed by atoms with van der Waals surface area (Å²) in [5, 5.41) is 9.33. The van der Waals surface area contributed by atoms with Crippen LogP contribution in [0.15, 0.2) is 17.1 Å². The lowest BCUT2D eigenvalue weighted by Crippen LogP contribution is -2.28. The Bertz CT molecular complexity index is 409. The van der Waals surface area contributed by atoms with Crippen molar-refractivity contribution < 1.29 is 14.6 Å². The summed E-state index contributed by atoms with van der Waals surface area (Å²) >= 11 is 0. The summed E-state index contributed by atoms with van der Waals surface area (Å²) in [6, 6.07) is 1.50. The van der Waals surface area contributed by atoms with Gasteiger partial charge in [-0.1, -0.05) is 0 Å². The predicted molar refractivity (Wildman–Crippen MR) is 41.8 cm³/mol. The Hall–Kier alpha value is -1.62. The van der Waals surface area contributed by atoms with Crippen molar-refractivity contribution in [2.24, 2.45) is 0 Å². The van der Waals surface area contributed by atoms with Crippen molar-refractivity contribution in [2.45, 2.75) is 12.7 Å². The molecule has 0 radical (unpaired) electrons. The lowest BCUT2D eigenvalue weighted by molar-refractivity contribution is -0.157. The maximum Gasteiger partial charge on any atom is 0.340 e. The number of fused-ring (bicyclic) bond motifs is 1. The summed E-state index contributed by atoms with van der Waals surface area (Å²) in [6.45, 7) is -0.0681. The molecule has 1 aliphatic rings. The summed E-state index contributed by atoms with van der Waals surface area (Å²) in [5.74, 6) is -0.710. The smallest absolute Gasteiger partial charge is 0.340 e. The molecule has 0 unspecified atom stereocenters. The first-order valence-electron chi connectivity index (χ1n) is 3.75. The third kappa shape index (κ3) is 1.13. The van der Waals surface area contributed by atoms with Crippen molar-refractivity contribution in [3.63, 3.8) is 0 Å². The highest BCUT2D eigenvalue weighted by molar-refractivity contribution is 5.78. The van der Waals surface area contributed by atoms with E-state index in [4.69, 9.17) is 0 Å². The molecule has 0 aromatic carbocycles. The lowest BCUT2D eigenvalue weighted by Gasteiger charge is -2.19. The number of cyclic esters (lactones) is 1. The van der Waals surface area contributed by atoms with Crippen molar-refractivity contribution in [3.8, 4) is 0 Å². The molecule has 13 heavy (non-hydrogen) atoms. The fourth-order valence-corrected chi connectivity index (χ4v) is 1.28. The van der Waals surface area contributed by atoms with E-state index in [1.807, 2.05) is 0 Å². The van der Waals surface area contributed by atoms with Crippen molar-refractivity contribution in [1.29, 1.82) is 0 Å². The normalized spacial score (nSPS) is 20.7. The molecule has 1 aromatic heterocycles. The van der Waals surface area contributed by atoms with Gasteiger partial charge in [0.1, 0.15) is 6.61 Å². The quantitative estimate of drug-likeness (QED) is 0.527. The molecule has 2 N–H and O–H groups in total. The summed E-state index contributed by atoms with van der Waals surface area (Å²) < 4.78 is 4.59. The molecule has 0 saturated heterocycles. The van der Waals surface area contributed by atoms with Gasteiger partial charge < -0.3 is 14.8 Å². The van der Waals surface area contributed by atoms with E-state index in [2.05, 4.69) is 9.72 Å². The zero-order chi connectivity index (χ0) is 9.42. The van der Waals surface area contributed by atoms with Crippen LogP contribution in [0, 0.1) is 0 Å². The number of pyridine rings is 1. The molecule has 1 atom stereocenters. The maximum absolute atomic E-state index is 11.2. The van der Waals surface area contributed by atoms with Crippen LogP contribution in [-0.4, -0.2) is 16.1 Å². The van der Waals surface area contributed by atoms with E-state index < -0.39 is 12.1 Å². The molecule has 0 saturated carbocycles. The molecule has 0 fully saturated rings. The largest absolute Gasteiger partial charge is 0.458 e. The van der Waals surface area contributed by atoms with Crippen LogP contribution in [0.5, 0.6) is 0 Å². The second-order valence-electron chi connectivity index (χ2n) is 2.75. The fourth-order valence-electron chi connectivity index (χ4n) is 1.28. The Labute approximate surface area is 73.0 Å². The van der Waals surface area contributed by atoms with Gasteiger partial charge in [0.15, 0.2) is 6.10 Å². The molecule has 68 valence electrons. The van der Waals surface area contributed by atoms with Crippen molar-refractivity contribution in [1.82, 2.24) is 4.98 Å². The molecule has 2 rings (SSSR count). The number of carbonyl (C=O) groups is 1. The summed E-state index contributed by atoms with van der Waals surface area (Å²) in [4.78, 5) is 24.5. The number of rotatable bonds is 0. The van der Waals surface area contributed by atoms with Gasteiger partial charge in [0, 0.05) is 11.8 Å². The number of aromatic amines is 1. The highest BCUT2D eigenvalue weighted by Gasteiger charge is 2.28. The van der Waals surface area contributed by atoms with Crippen molar-refractivity contribution >= 4 is 5.97 Å². The van der Waals surface area contributed by atoms with Crippen molar-refractivity contribution in [3.05, 3.63) is 33.7 Å². The number of aliphatic hydroxyl groups is 1. The lowest BCUT2D eigenvalue weighted by atomic mass is 10.0. The van der Waals surface area contributed by atoms with Gasteiger partial charge in [0.2, 0.25) is 0 Å². The molecule has 1 aliphatic heterocycles. The van der Waals surface area contributed by atoms with Gasteiger partial charge >= 0.3 is 5.97 Å². The van der Waals surface area contributed by atoms with Crippen LogP contribution in [0.2, 0.25) is 0 Å². The number of hydrogen-bond donors (Lipinski definition) is 2. The van der Waals surface area contributed by atoms with E-state index >= 15 is 0 Å². The average Bonchev–Trinajstić information content (AvgIpc) is 2.12. The standard InChI is InChI=1S/C8H7NO4/c10-6-4-1-2-9-7(11)5(4)3-13-8(6)12/h1-2,6,10H,3H2,(H,9,11)/t6-/m0/s1. The first-order valence-corrected chi connectivity index (χ1v) is 3.75. The SMILES string of the molecule is O=C1OCc2c(cc[nH]c2=O)[C@@H]1O. The van der Waals surface area contributed by atoms with Crippen LogP contribution < -0.4 is 5.56 Å². The first kappa shape index (κ1) is 8.00. The van der Waals surface area contributed by atoms with Crippen LogP contribution in [0.1, 0.15) is 17.2 Å². The predicted octanol–water partition coefficient (Wildman–Crippen LogP) is -0.535. The number of aromatic nitrogens is 1. The number of hydrogen-bond acceptors (Lipinski definition) is 4.